The van der Waals surface area contributed by atoms with Crippen molar-refractivity contribution in [3.63, 3.8) is 0 Å². The van der Waals surface area contributed by atoms with Crippen LogP contribution in [0.1, 0.15) is 24.1 Å². The fourth-order valence-corrected chi connectivity index (χ4v) is 2.67. The van der Waals surface area contributed by atoms with Crippen molar-refractivity contribution in [2.75, 3.05) is 0 Å². The highest BCUT2D eigenvalue weighted by Gasteiger charge is 2.18. The van der Waals surface area contributed by atoms with Gasteiger partial charge in [0.2, 0.25) is 0 Å². The first kappa shape index (κ1) is 14.3. The summed E-state index contributed by atoms with van der Waals surface area (Å²) in [5.74, 6) is 5.64. The van der Waals surface area contributed by atoms with Gasteiger partial charge in [-0.25, -0.2) is 0 Å². The van der Waals surface area contributed by atoms with Crippen LogP contribution in [0.3, 0.4) is 0 Å². The highest BCUT2D eigenvalue weighted by molar-refractivity contribution is 6.36. The highest BCUT2D eigenvalue weighted by atomic mass is 35.5. The van der Waals surface area contributed by atoms with Crippen molar-refractivity contribution in [3.05, 3.63) is 51.8 Å². The molecule has 1 aromatic heterocycles. The molecule has 0 saturated heterocycles. The van der Waals surface area contributed by atoms with Gasteiger partial charge in [0, 0.05) is 28.4 Å². The minimum Gasteiger partial charge on any atom is -0.273 e. The standard InChI is InChI=1S/C13H16Cl2N4/c1-2-19-8-9(7-17-19)6-12(18-16)13-10(14)4-3-5-11(13)15/h3-5,7-8,12,18H,2,6,16H2,1H3. The third-order valence-corrected chi connectivity index (χ3v) is 3.66. The molecule has 0 saturated carbocycles. The lowest BCUT2D eigenvalue weighted by atomic mass is 10.0. The Morgan fingerprint density at radius 3 is 2.58 bits per heavy atom. The monoisotopic (exact) mass is 298 g/mol. The summed E-state index contributed by atoms with van der Waals surface area (Å²) in [5.41, 5.74) is 4.67. The van der Waals surface area contributed by atoms with Crippen LogP contribution in [0.4, 0.5) is 0 Å². The van der Waals surface area contributed by atoms with E-state index in [0.717, 1.165) is 17.7 Å². The minimum absolute atomic E-state index is 0.143. The lowest BCUT2D eigenvalue weighted by Gasteiger charge is -2.18. The lowest BCUT2D eigenvalue weighted by Crippen LogP contribution is -2.30. The first-order valence-electron chi connectivity index (χ1n) is 6.07. The first-order chi connectivity index (χ1) is 9.15. The molecule has 3 N–H and O–H groups in total. The molecule has 0 aliphatic rings. The van der Waals surface area contributed by atoms with Crippen LogP contribution in [0.15, 0.2) is 30.6 Å². The highest BCUT2D eigenvalue weighted by Crippen LogP contribution is 2.31. The van der Waals surface area contributed by atoms with E-state index in [2.05, 4.69) is 10.5 Å². The summed E-state index contributed by atoms with van der Waals surface area (Å²) >= 11 is 12.4. The van der Waals surface area contributed by atoms with Gasteiger partial charge in [0.25, 0.3) is 0 Å². The molecule has 0 aliphatic carbocycles. The zero-order valence-corrected chi connectivity index (χ0v) is 12.1. The van der Waals surface area contributed by atoms with Gasteiger partial charge >= 0.3 is 0 Å². The summed E-state index contributed by atoms with van der Waals surface area (Å²) < 4.78 is 1.87. The smallest absolute Gasteiger partial charge is 0.0530 e. The molecule has 1 aromatic carbocycles. The van der Waals surface area contributed by atoms with Crippen LogP contribution in [-0.2, 0) is 13.0 Å². The van der Waals surface area contributed by atoms with E-state index in [0.29, 0.717) is 16.5 Å². The van der Waals surface area contributed by atoms with E-state index in [4.69, 9.17) is 29.0 Å². The largest absolute Gasteiger partial charge is 0.273 e. The van der Waals surface area contributed by atoms with Crippen molar-refractivity contribution < 1.29 is 0 Å². The molecule has 1 heterocycles. The van der Waals surface area contributed by atoms with Crippen LogP contribution in [-0.4, -0.2) is 9.78 Å². The Morgan fingerprint density at radius 1 is 1.37 bits per heavy atom. The van der Waals surface area contributed by atoms with Crippen molar-refractivity contribution in [3.8, 4) is 0 Å². The second-order valence-electron chi connectivity index (χ2n) is 4.26. The van der Waals surface area contributed by atoms with Gasteiger partial charge in [0.15, 0.2) is 0 Å². The third-order valence-electron chi connectivity index (χ3n) is 3.00. The van der Waals surface area contributed by atoms with Gasteiger partial charge in [-0.3, -0.25) is 16.0 Å². The van der Waals surface area contributed by atoms with Crippen molar-refractivity contribution in [2.24, 2.45) is 5.84 Å². The Kier molecular flexibility index (Phi) is 4.82. The molecular weight excluding hydrogens is 283 g/mol. The van der Waals surface area contributed by atoms with Crippen molar-refractivity contribution in [1.29, 1.82) is 0 Å². The Balaban J connectivity index is 2.25. The SMILES string of the molecule is CCn1cc(CC(NN)c2c(Cl)cccc2Cl)cn1. The Morgan fingerprint density at radius 2 is 2.05 bits per heavy atom. The molecule has 1 atom stereocenters. The van der Waals surface area contributed by atoms with Crippen LogP contribution in [0.5, 0.6) is 0 Å². The van der Waals surface area contributed by atoms with E-state index in [1.54, 1.807) is 0 Å². The number of benzene rings is 1. The number of rotatable bonds is 5. The Hall–Kier alpha value is -1.07. The van der Waals surface area contributed by atoms with Crippen LogP contribution in [0.2, 0.25) is 10.0 Å². The molecule has 102 valence electrons. The molecule has 2 rings (SSSR count). The molecule has 4 nitrogen and oxygen atoms in total. The second-order valence-corrected chi connectivity index (χ2v) is 5.08. The maximum atomic E-state index is 6.20. The number of nitrogens with one attached hydrogen (secondary N) is 1. The fraction of sp³-hybridized carbons (Fsp3) is 0.308. The van der Waals surface area contributed by atoms with Gasteiger partial charge in [0.1, 0.15) is 0 Å². The molecule has 0 radical (unpaired) electrons. The van der Waals surface area contributed by atoms with Crippen LogP contribution >= 0.6 is 23.2 Å². The molecule has 0 aliphatic heterocycles. The van der Waals surface area contributed by atoms with Gasteiger partial charge in [-0.1, -0.05) is 29.3 Å². The van der Waals surface area contributed by atoms with Crippen LogP contribution in [0.25, 0.3) is 0 Å². The van der Waals surface area contributed by atoms with Crippen LogP contribution < -0.4 is 11.3 Å². The fourth-order valence-electron chi connectivity index (χ4n) is 2.01. The first-order valence-corrected chi connectivity index (χ1v) is 6.82. The zero-order chi connectivity index (χ0) is 13.8. The Labute approximate surface area is 122 Å². The molecule has 1 unspecified atom stereocenters. The van der Waals surface area contributed by atoms with Crippen LogP contribution in [0, 0.1) is 0 Å². The summed E-state index contributed by atoms with van der Waals surface area (Å²) in [5, 5.41) is 5.46. The van der Waals surface area contributed by atoms with Gasteiger partial charge in [-0.05, 0) is 31.0 Å². The average Bonchev–Trinajstić information content (AvgIpc) is 2.85. The average molecular weight is 299 g/mol. The summed E-state index contributed by atoms with van der Waals surface area (Å²) in [6.45, 7) is 2.88. The molecule has 0 amide bonds. The zero-order valence-electron chi connectivity index (χ0n) is 10.6. The predicted molar refractivity (Wildman–Crippen MR) is 78.1 cm³/mol. The Bertz CT molecular complexity index is 533. The second kappa shape index (κ2) is 6.39. The molecule has 0 spiro atoms. The summed E-state index contributed by atoms with van der Waals surface area (Å²) in [7, 11) is 0. The maximum Gasteiger partial charge on any atom is 0.0530 e. The number of hydrogen-bond acceptors (Lipinski definition) is 3. The summed E-state index contributed by atoms with van der Waals surface area (Å²) in [6, 6.07) is 5.29. The van der Waals surface area contributed by atoms with Gasteiger partial charge in [-0.15, -0.1) is 0 Å². The van der Waals surface area contributed by atoms with Crippen molar-refractivity contribution >= 4 is 23.2 Å². The third kappa shape index (κ3) is 3.28. The quantitative estimate of drug-likeness (QED) is 0.659. The topological polar surface area (TPSA) is 55.9 Å². The number of hydrazine groups is 1. The number of nitrogens with two attached hydrogens (primary N) is 1. The van der Waals surface area contributed by atoms with E-state index in [-0.39, 0.29) is 6.04 Å². The van der Waals surface area contributed by atoms with Crippen molar-refractivity contribution in [2.45, 2.75) is 25.9 Å². The van der Waals surface area contributed by atoms with E-state index in [1.807, 2.05) is 42.2 Å². The predicted octanol–water partition coefficient (Wildman–Crippen LogP) is 2.96. The minimum atomic E-state index is -0.143. The maximum absolute atomic E-state index is 6.20. The number of halogens is 2. The summed E-state index contributed by atoms with van der Waals surface area (Å²) in [4.78, 5) is 0. The molecular formula is C13H16Cl2N4. The van der Waals surface area contributed by atoms with Gasteiger partial charge in [-0.2, -0.15) is 5.10 Å². The van der Waals surface area contributed by atoms with E-state index < -0.39 is 0 Å². The van der Waals surface area contributed by atoms with Gasteiger partial charge < -0.3 is 0 Å². The van der Waals surface area contributed by atoms with E-state index in [1.165, 1.54) is 0 Å². The van der Waals surface area contributed by atoms with E-state index >= 15 is 0 Å². The molecule has 0 fully saturated rings. The number of aromatic nitrogens is 2. The van der Waals surface area contributed by atoms with Crippen molar-refractivity contribution in [1.82, 2.24) is 15.2 Å². The normalized spacial score (nSPS) is 12.6. The molecule has 19 heavy (non-hydrogen) atoms. The molecule has 0 bridgehead atoms. The van der Waals surface area contributed by atoms with Gasteiger partial charge in [0.05, 0.1) is 12.2 Å². The number of hydrogen-bond donors (Lipinski definition) is 2. The number of aryl methyl sites for hydroxylation is 1. The lowest BCUT2D eigenvalue weighted by molar-refractivity contribution is 0.551. The molecule has 2 aromatic rings. The molecule has 6 heteroatoms. The van der Waals surface area contributed by atoms with E-state index in [9.17, 15) is 0 Å². The number of nitrogens with zero attached hydrogens (tertiary/aromatic N) is 2. The summed E-state index contributed by atoms with van der Waals surface area (Å²) in [6.07, 6.45) is 4.51.